The summed E-state index contributed by atoms with van der Waals surface area (Å²) in [6.07, 6.45) is 3.03. The minimum atomic E-state index is -0.975. The number of benzene rings is 3. The molecule has 0 saturated carbocycles. The van der Waals surface area contributed by atoms with Crippen LogP contribution in [-0.2, 0) is 9.59 Å². The third-order valence-electron chi connectivity index (χ3n) is 7.26. The summed E-state index contributed by atoms with van der Waals surface area (Å²) in [5.41, 5.74) is 1.55. The predicted molar refractivity (Wildman–Crippen MR) is 171 cm³/mol. The molecule has 1 N–H and O–H groups in total. The first-order valence-electron chi connectivity index (χ1n) is 14.8. The van der Waals surface area contributed by atoms with Gasteiger partial charge in [-0.2, -0.15) is 0 Å². The fourth-order valence-electron chi connectivity index (χ4n) is 5.14. The Morgan fingerprint density at radius 2 is 1.61 bits per heavy atom. The van der Waals surface area contributed by atoms with E-state index in [1.54, 1.807) is 49.6 Å². The van der Waals surface area contributed by atoms with E-state index in [1.807, 2.05) is 32.0 Å². The summed E-state index contributed by atoms with van der Waals surface area (Å²) in [4.78, 5) is 33.5. The number of thiazole rings is 1. The minimum Gasteiger partial charge on any atom is -0.507 e. The molecule has 0 radical (unpaired) electrons. The van der Waals surface area contributed by atoms with Crippen molar-refractivity contribution in [3.8, 4) is 23.0 Å². The maximum atomic E-state index is 13.7. The Morgan fingerprint density at radius 1 is 0.886 bits per heavy atom. The van der Waals surface area contributed by atoms with Gasteiger partial charge in [0.1, 0.15) is 17.3 Å². The number of ether oxygens (including phenoxy) is 4. The molecule has 1 saturated heterocycles. The van der Waals surface area contributed by atoms with E-state index in [0.29, 0.717) is 64.6 Å². The number of aromatic nitrogens is 1. The van der Waals surface area contributed by atoms with E-state index < -0.39 is 17.7 Å². The number of hydrogen-bond donors (Lipinski definition) is 1. The number of aliphatic hydroxyl groups is 1. The molecular formula is C34H36N2O7S. The Hall–Kier alpha value is -4.57. The molecule has 44 heavy (non-hydrogen) atoms. The van der Waals surface area contributed by atoms with E-state index in [0.717, 1.165) is 24.0 Å². The largest absolute Gasteiger partial charge is 0.507 e. The van der Waals surface area contributed by atoms with Crippen molar-refractivity contribution >= 4 is 44.1 Å². The zero-order valence-electron chi connectivity index (χ0n) is 25.3. The summed E-state index contributed by atoms with van der Waals surface area (Å²) in [6.45, 7) is 7.45. The van der Waals surface area contributed by atoms with Crippen LogP contribution in [0.15, 0.2) is 66.2 Å². The van der Waals surface area contributed by atoms with Crippen LogP contribution >= 0.6 is 11.3 Å². The highest BCUT2D eigenvalue weighted by molar-refractivity contribution is 7.22. The van der Waals surface area contributed by atoms with Crippen LogP contribution < -0.4 is 23.8 Å². The van der Waals surface area contributed by atoms with E-state index in [-0.39, 0.29) is 11.3 Å². The van der Waals surface area contributed by atoms with Crippen molar-refractivity contribution in [2.24, 2.45) is 0 Å². The molecule has 1 aromatic heterocycles. The summed E-state index contributed by atoms with van der Waals surface area (Å²) >= 11 is 1.27. The molecule has 0 aliphatic carbocycles. The standard InChI is InChI=1S/C34H36N2O7S/c1-5-8-9-18-43-26-17-12-22(19-27(26)40-4)30-29(31(37)21-10-13-23(14-11-21)41-6-2)32(38)33(39)36(30)34-35-25-16-15-24(42-7-3)20-28(25)44-34/h10-17,19-20,30,37H,5-9,18H2,1-4H3. The number of hydrogen-bond acceptors (Lipinski definition) is 9. The number of carbonyl (C=O) groups excluding carboxylic acids is 2. The van der Waals surface area contributed by atoms with Gasteiger partial charge < -0.3 is 24.1 Å². The first kappa shape index (κ1) is 30.9. The van der Waals surface area contributed by atoms with Crippen LogP contribution in [0.25, 0.3) is 16.0 Å². The van der Waals surface area contributed by atoms with Gasteiger partial charge in [0, 0.05) is 5.56 Å². The molecule has 1 aliphatic heterocycles. The molecule has 0 bridgehead atoms. The van der Waals surface area contributed by atoms with Crippen molar-refractivity contribution in [2.75, 3.05) is 31.8 Å². The van der Waals surface area contributed by atoms with Crippen LogP contribution in [-0.4, -0.2) is 48.7 Å². The molecule has 9 nitrogen and oxygen atoms in total. The Kier molecular flexibility index (Phi) is 9.69. The van der Waals surface area contributed by atoms with Gasteiger partial charge in [-0.3, -0.25) is 14.5 Å². The minimum absolute atomic E-state index is 0.0490. The Balaban J connectivity index is 1.63. The molecular weight excluding hydrogens is 580 g/mol. The van der Waals surface area contributed by atoms with Crippen LogP contribution in [0.5, 0.6) is 23.0 Å². The van der Waals surface area contributed by atoms with Gasteiger partial charge in [-0.25, -0.2) is 4.98 Å². The van der Waals surface area contributed by atoms with Crippen molar-refractivity contribution in [1.82, 2.24) is 4.98 Å². The fourth-order valence-corrected chi connectivity index (χ4v) is 6.16. The Bertz CT molecular complexity index is 1680. The van der Waals surface area contributed by atoms with Gasteiger partial charge in [0.15, 0.2) is 16.6 Å². The van der Waals surface area contributed by atoms with Crippen molar-refractivity contribution < 1.29 is 33.6 Å². The molecule has 1 fully saturated rings. The summed E-state index contributed by atoms with van der Waals surface area (Å²) in [6, 6.07) is 16.5. The first-order valence-corrected chi connectivity index (χ1v) is 15.6. The van der Waals surface area contributed by atoms with Gasteiger partial charge in [-0.15, -0.1) is 0 Å². The number of nitrogens with zero attached hydrogens (tertiary/aromatic N) is 2. The van der Waals surface area contributed by atoms with Gasteiger partial charge in [0.25, 0.3) is 5.78 Å². The van der Waals surface area contributed by atoms with Gasteiger partial charge in [-0.05, 0) is 80.4 Å². The summed E-state index contributed by atoms with van der Waals surface area (Å²) in [7, 11) is 1.54. The van der Waals surface area contributed by atoms with Gasteiger partial charge >= 0.3 is 5.91 Å². The second-order valence-electron chi connectivity index (χ2n) is 10.2. The van der Waals surface area contributed by atoms with E-state index in [1.165, 1.54) is 16.2 Å². The molecule has 230 valence electrons. The lowest BCUT2D eigenvalue weighted by Gasteiger charge is -2.24. The summed E-state index contributed by atoms with van der Waals surface area (Å²) < 4.78 is 23.6. The SMILES string of the molecule is CCCCCOc1ccc(C2C(=C(O)c3ccc(OCC)cc3)C(=O)C(=O)N2c2nc3ccc(OCC)cc3s2)cc1OC. The number of fused-ring (bicyclic) bond motifs is 1. The number of methoxy groups -OCH3 is 1. The highest BCUT2D eigenvalue weighted by Gasteiger charge is 2.48. The molecule has 1 aliphatic rings. The van der Waals surface area contributed by atoms with E-state index in [9.17, 15) is 14.7 Å². The molecule has 2 heterocycles. The monoisotopic (exact) mass is 616 g/mol. The number of rotatable bonds is 13. The summed E-state index contributed by atoms with van der Waals surface area (Å²) in [5, 5.41) is 11.9. The molecule has 1 amide bonds. The van der Waals surface area contributed by atoms with Crippen molar-refractivity contribution in [2.45, 2.75) is 46.1 Å². The van der Waals surface area contributed by atoms with Crippen LogP contribution in [0, 0.1) is 0 Å². The predicted octanol–water partition coefficient (Wildman–Crippen LogP) is 7.30. The smallest absolute Gasteiger partial charge is 0.301 e. The van der Waals surface area contributed by atoms with Crippen molar-refractivity contribution in [3.63, 3.8) is 0 Å². The number of amides is 1. The molecule has 5 rings (SSSR count). The zero-order valence-corrected chi connectivity index (χ0v) is 26.1. The zero-order chi connectivity index (χ0) is 31.2. The molecule has 1 unspecified atom stereocenters. The maximum Gasteiger partial charge on any atom is 0.301 e. The van der Waals surface area contributed by atoms with Gasteiger partial charge in [0.05, 0.1) is 48.8 Å². The number of aliphatic hydroxyl groups excluding tert-OH is 1. The van der Waals surface area contributed by atoms with E-state index >= 15 is 0 Å². The topological polar surface area (TPSA) is 107 Å². The lowest BCUT2D eigenvalue weighted by molar-refractivity contribution is -0.132. The molecule has 4 aromatic rings. The van der Waals surface area contributed by atoms with Crippen LogP contribution in [0.4, 0.5) is 5.13 Å². The Labute approximate surface area is 260 Å². The third kappa shape index (κ3) is 6.21. The van der Waals surface area contributed by atoms with Crippen molar-refractivity contribution in [3.05, 3.63) is 77.4 Å². The van der Waals surface area contributed by atoms with E-state index in [2.05, 4.69) is 6.92 Å². The fraction of sp³-hybridized carbons (Fsp3) is 0.324. The number of anilines is 1. The van der Waals surface area contributed by atoms with Crippen LogP contribution in [0.3, 0.4) is 0 Å². The molecule has 0 spiro atoms. The van der Waals surface area contributed by atoms with Gasteiger partial charge in [0.2, 0.25) is 0 Å². The quantitative estimate of drug-likeness (QED) is 0.0722. The third-order valence-corrected chi connectivity index (χ3v) is 8.28. The van der Waals surface area contributed by atoms with Gasteiger partial charge in [-0.1, -0.05) is 37.2 Å². The highest BCUT2D eigenvalue weighted by atomic mass is 32.1. The molecule has 10 heteroatoms. The second kappa shape index (κ2) is 13.8. The number of carbonyl (C=O) groups is 2. The second-order valence-corrected chi connectivity index (χ2v) is 11.2. The average Bonchev–Trinajstić information content (AvgIpc) is 3.57. The first-order chi connectivity index (χ1) is 21.4. The lowest BCUT2D eigenvalue weighted by Crippen LogP contribution is -2.29. The number of Topliss-reactive ketones (excluding diaryl/α,β-unsaturated/α-hetero) is 1. The van der Waals surface area contributed by atoms with Crippen molar-refractivity contribution in [1.29, 1.82) is 0 Å². The lowest BCUT2D eigenvalue weighted by atomic mass is 9.95. The number of ketones is 1. The highest BCUT2D eigenvalue weighted by Crippen LogP contribution is 2.46. The van der Waals surface area contributed by atoms with E-state index in [4.69, 9.17) is 23.9 Å². The average molecular weight is 617 g/mol. The number of unbranched alkanes of at least 4 members (excludes halogenated alkanes) is 2. The summed E-state index contributed by atoms with van der Waals surface area (Å²) in [5.74, 6) is 0.429. The normalized spacial score (nSPS) is 16.0. The molecule has 1 atom stereocenters. The maximum absolute atomic E-state index is 13.7. The van der Waals surface area contributed by atoms with Crippen LogP contribution in [0.2, 0.25) is 0 Å². The Morgan fingerprint density at radius 3 is 2.32 bits per heavy atom. The van der Waals surface area contributed by atoms with Crippen LogP contribution in [0.1, 0.15) is 57.2 Å². The molecule has 3 aromatic carbocycles.